The molecule has 0 aliphatic rings. The van der Waals surface area contributed by atoms with Crippen LogP contribution in [0.1, 0.15) is 5.56 Å². The molecule has 5 nitrogen and oxygen atoms in total. The first kappa shape index (κ1) is 15.8. The molecule has 3 aromatic rings. The predicted octanol–water partition coefficient (Wildman–Crippen LogP) is 3.88. The molecule has 3 rings (SSSR count). The Bertz CT molecular complexity index is 760. The third kappa shape index (κ3) is 4.46. The van der Waals surface area contributed by atoms with Crippen LogP contribution in [0.25, 0.3) is 0 Å². The zero-order valence-corrected chi connectivity index (χ0v) is 13.6. The van der Waals surface area contributed by atoms with E-state index < -0.39 is 0 Å². The SMILES string of the molecule is COc1ccc(Nc2ccnc(NCCc3ccccc3)n2)cc1. The number of ether oxygens (including phenoxy) is 1. The van der Waals surface area contributed by atoms with Crippen molar-refractivity contribution < 1.29 is 4.74 Å². The molecule has 2 N–H and O–H groups in total. The van der Waals surface area contributed by atoms with Gasteiger partial charge in [-0.15, -0.1) is 0 Å². The van der Waals surface area contributed by atoms with Gasteiger partial charge in [-0.1, -0.05) is 30.3 Å². The highest BCUT2D eigenvalue weighted by molar-refractivity contribution is 5.57. The highest BCUT2D eigenvalue weighted by Crippen LogP contribution is 2.19. The molecule has 0 saturated carbocycles. The lowest BCUT2D eigenvalue weighted by Crippen LogP contribution is -2.08. The third-order valence-electron chi connectivity index (χ3n) is 3.56. The van der Waals surface area contributed by atoms with Gasteiger partial charge in [-0.25, -0.2) is 4.98 Å². The van der Waals surface area contributed by atoms with Crippen molar-refractivity contribution in [1.82, 2.24) is 9.97 Å². The maximum atomic E-state index is 5.16. The fourth-order valence-corrected chi connectivity index (χ4v) is 2.30. The first-order valence-electron chi connectivity index (χ1n) is 7.85. The van der Waals surface area contributed by atoms with E-state index in [1.807, 2.05) is 48.5 Å². The van der Waals surface area contributed by atoms with E-state index in [0.717, 1.165) is 30.2 Å². The van der Waals surface area contributed by atoms with E-state index in [0.29, 0.717) is 5.95 Å². The van der Waals surface area contributed by atoms with Crippen molar-refractivity contribution in [1.29, 1.82) is 0 Å². The van der Waals surface area contributed by atoms with Gasteiger partial charge in [0.15, 0.2) is 0 Å². The average molecular weight is 320 g/mol. The number of nitrogens with zero attached hydrogens (tertiary/aromatic N) is 2. The molecule has 0 saturated heterocycles. The quantitative estimate of drug-likeness (QED) is 0.692. The normalized spacial score (nSPS) is 10.2. The smallest absolute Gasteiger partial charge is 0.224 e. The summed E-state index contributed by atoms with van der Waals surface area (Å²) in [6.45, 7) is 0.788. The van der Waals surface area contributed by atoms with Gasteiger partial charge in [-0.3, -0.25) is 0 Å². The van der Waals surface area contributed by atoms with E-state index in [-0.39, 0.29) is 0 Å². The van der Waals surface area contributed by atoms with Gasteiger partial charge in [0.25, 0.3) is 0 Å². The highest BCUT2D eigenvalue weighted by atomic mass is 16.5. The molecular formula is C19H20N4O. The predicted molar refractivity (Wildman–Crippen MR) is 96.9 cm³/mol. The van der Waals surface area contributed by atoms with Crippen LogP contribution in [0.5, 0.6) is 5.75 Å². The second-order valence-corrected chi connectivity index (χ2v) is 5.28. The van der Waals surface area contributed by atoms with Crippen LogP contribution < -0.4 is 15.4 Å². The molecule has 2 aromatic carbocycles. The van der Waals surface area contributed by atoms with Crippen molar-refractivity contribution >= 4 is 17.5 Å². The summed E-state index contributed by atoms with van der Waals surface area (Å²) in [5.74, 6) is 2.19. The van der Waals surface area contributed by atoms with Crippen molar-refractivity contribution in [3.63, 3.8) is 0 Å². The number of hydrogen-bond acceptors (Lipinski definition) is 5. The second-order valence-electron chi connectivity index (χ2n) is 5.28. The van der Waals surface area contributed by atoms with Crippen LogP contribution in [-0.4, -0.2) is 23.6 Å². The number of benzene rings is 2. The van der Waals surface area contributed by atoms with Gasteiger partial charge in [-0.05, 0) is 42.3 Å². The van der Waals surface area contributed by atoms with E-state index in [4.69, 9.17) is 4.74 Å². The van der Waals surface area contributed by atoms with Crippen LogP contribution >= 0.6 is 0 Å². The van der Waals surface area contributed by atoms with E-state index >= 15 is 0 Å². The van der Waals surface area contributed by atoms with Crippen molar-refractivity contribution in [2.24, 2.45) is 0 Å². The largest absolute Gasteiger partial charge is 0.497 e. The average Bonchev–Trinajstić information content (AvgIpc) is 2.64. The molecule has 122 valence electrons. The lowest BCUT2D eigenvalue weighted by molar-refractivity contribution is 0.415. The topological polar surface area (TPSA) is 59.1 Å². The van der Waals surface area contributed by atoms with Gasteiger partial charge in [0.1, 0.15) is 11.6 Å². The molecule has 0 unspecified atom stereocenters. The van der Waals surface area contributed by atoms with Crippen LogP contribution in [0.2, 0.25) is 0 Å². The van der Waals surface area contributed by atoms with Crippen molar-refractivity contribution in [2.45, 2.75) is 6.42 Å². The Balaban J connectivity index is 1.57. The lowest BCUT2D eigenvalue weighted by Gasteiger charge is -2.09. The first-order valence-corrected chi connectivity index (χ1v) is 7.85. The van der Waals surface area contributed by atoms with Crippen molar-refractivity contribution in [2.75, 3.05) is 24.3 Å². The number of aromatic nitrogens is 2. The van der Waals surface area contributed by atoms with E-state index in [1.165, 1.54) is 5.56 Å². The summed E-state index contributed by atoms with van der Waals surface area (Å²) in [6.07, 6.45) is 2.67. The third-order valence-corrected chi connectivity index (χ3v) is 3.56. The lowest BCUT2D eigenvalue weighted by atomic mass is 10.1. The number of hydrogen-bond donors (Lipinski definition) is 2. The minimum Gasteiger partial charge on any atom is -0.497 e. The molecule has 0 radical (unpaired) electrons. The Morgan fingerprint density at radius 1 is 0.958 bits per heavy atom. The summed E-state index contributed by atoms with van der Waals surface area (Å²) in [7, 11) is 1.65. The van der Waals surface area contributed by atoms with E-state index in [9.17, 15) is 0 Å². The zero-order chi connectivity index (χ0) is 16.6. The molecule has 0 atom stereocenters. The van der Waals surface area contributed by atoms with Crippen LogP contribution in [0.4, 0.5) is 17.5 Å². The van der Waals surface area contributed by atoms with Crippen molar-refractivity contribution in [3.8, 4) is 5.75 Å². The minimum absolute atomic E-state index is 0.615. The molecule has 1 aromatic heterocycles. The van der Waals surface area contributed by atoms with Gasteiger partial charge >= 0.3 is 0 Å². The maximum absolute atomic E-state index is 5.16. The Morgan fingerprint density at radius 3 is 2.50 bits per heavy atom. The highest BCUT2D eigenvalue weighted by Gasteiger charge is 2.01. The van der Waals surface area contributed by atoms with Gasteiger partial charge in [0.05, 0.1) is 7.11 Å². The zero-order valence-electron chi connectivity index (χ0n) is 13.6. The summed E-state index contributed by atoms with van der Waals surface area (Å²) in [5, 5.41) is 6.51. The summed E-state index contributed by atoms with van der Waals surface area (Å²) in [5.41, 5.74) is 2.24. The summed E-state index contributed by atoms with van der Waals surface area (Å²) >= 11 is 0. The fraction of sp³-hybridized carbons (Fsp3) is 0.158. The molecule has 24 heavy (non-hydrogen) atoms. The van der Waals surface area contributed by atoms with Crippen LogP contribution in [0, 0.1) is 0 Å². The number of methoxy groups -OCH3 is 1. The molecule has 0 aliphatic heterocycles. The molecule has 0 spiro atoms. The number of anilines is 3. The van der Waals surface area contributed by atoms with Gasteiger partial charge in [0.2, 0.25) is 5.95 Å². The summed E-state index contributed by atoms with van der Waals surface area (Å²) < 4.78 is 5.16. The molecule has 5 heteroatoms. The van der Waals surface area contributed by atoms with Gasteiger partial charge in [0, 0.05) is 18.4 Å². The molecular weight excluding hydrogens is 300 g/mol. The molecule has 0 bridgehead atoms. The van der Waals surface area contributed by atoms with Crippen LogP contribution in [-0.2, 0) is 6.42 Å². The Hall–Kier alpha value is -3.08. The van der Waals surface area contributed by atoms with Crippen LogP contribution in [0.15, 0.2) is 66.9 Å². The number of rotatable bonds is 7. The van der Waals surface area contributed by atoms with E-state index in [1.54, 1.807) is 13.3 Å². The van der Waals surface area contributed by atoms with E-state index in [2.05, 4.69) is 32.7 Å². The monoisotopic (exact) mass is 320 g/mol. The van der Waals surface area contributed by atoms with Crippen molar-refractivity contribution in [3.05, 3.63) is 72.4 Å². The Morgan fingerprint density at radius 2 is 1.75 bits per heavy atom. The Kier molecular flexibility index (Phi) is 5.24. The van der Waals surface area contributed by atoms with Crippen LogP contribution in [0.3, 0.4) is 0 Å². The Labute approximate surface area is 141 Å². The summed E-state index contributed by atoms with van der Waals surface area (Å²) in [6, 6.07) is 19.9. The molecule has 0 aliphatic carbocycles. The first-order chi connectivity index (χ1) is 11.8. The maximum Gasteiger partial charge on any atom is 0.224 e. The number of nitrogens with one attached hydrogen (secondary N) is 2. The second kappa shape index (κ2) is 7.97. The minimum atomic E-state index is 0.615. The van der Waals surface area contributed by atoms with Gasteiger partial charge in [-0.2, -0.15) is 4.98 Å². The molecule has 0 amide bonds. The van der Waals surface area contributed by atoms with Gasteiger partial charge < -0.3 is 15.4 Å². The standard InChI is InChI=1S/C19H20N4O/c1-24-17-9-7-16(8-10-17)22-18-12-14-21-19(23-18)20-13-11-15-5-3-2-4-6-15/h2-10,12,14H,11,13H2,1H3,(H2,20,21,22,23). The molecule has 0 fully saturated rings. The fourth-order valence-electron chi connectivity index (χ4n) is 2.30. The summed E-state index contributed by atoms with van der Waals surface area (Å²) in [4.78, 5) is 8.73. The molecule has 1 heterocycles.